The molecular formula is C14H24BrN3OS. The van der Waals surface area contributed by atoms with Crippen LogP contribution in [0, 0.1) is 5.92 Å². The number of hydrogen-bond donors (Lipinski definition) is 2. The minimum atomic E-state index is -0.0385. The molecule has 0 aliphatic heterocycles. The summed E-state index contributed by atoms with van der Waals surface area (Å²) in [5.41, 5.74) is 6.09. The molecule has 0 bridgehead atoms. The number of carbonyl (C=O) groups is 1. The maximum atomic E-state index is 11.9. The van der Waals surface area contributed by atoms with Crippen molar-refractivity contribution in [3.63, 3.8) is 0 Å². The van der Waals surface area contributed by atoms with Gasteiger partial charge in [-0.1, -0.05) is 13.8 Å². The Morgan fingerprint density at radius 1 is 1.50 bits per heavy atom. The highest BCUT2D eigenvalue weighted by atomic mass is 79.9. The maximum Gasteiger partial charge on any atom is 0.234 e. The Labute approximate surface area is 133 Å². The fraction of sp³-hybridized carbons (Fsp3) is 0.643. The Hall–Kier alpha value is -0.430. The fourth-order valence-electron chi connectivity index (χ4n) is 2.06. The Balaban J connectivity index is 2.66. The number of hydrogen-bond acceptors (Lipinski definition) is 4. The summed E-state index contributed by atoms with van der Waals surface area (Å²) in [6.45, 7) is 7.20. The van der Waals surface area contributed by atoms with Crippen LogP contribution in [-0.2, 0) is 4.79 Å². The van der Waals surface area contributed by atoms with E-state index >= 15 is 0 Å². The summed E-state index contributed by atoms with van der Waals surface area (Å²) in [6, 6.07) is 2.08. The second-order valence-corrected chi connectivity index (χ2v) is 7.44. The van der Waals surface area contributed by atoms with Gasteiger partial charge in [-0.15, -0.1) is 11.3 Å². The van der Waals surface area contributed by atoms with Gasteiger partial charge in [-0.25, -0.2) is 0 Å². The van der Waals surface area contributed by atoms with Crippen LogP contribution in [0.2, 0.25) is 0 Å². The van der Waals surface area contributed by atoms with Gasteiger partial charge in [0.2, 0.25) is 5.91 Å². The van der Waals surface area contributed by atoms with Crippen molar-refractivity contribution in [3.8, 4) is 0 Å². The minimum Gasteiger partial charge on any atom is -0.355 e. The molecule has 2 atom stereocenters. The first kappa shape index (κ1) is 17.6. The van der Waals surface area contributed by atoms with Gasteiger partial charge in [-0.05, 0) is 41.9 Å². The number of nitrogens with zero attached hydrogens (tertiary/aromatic N) is 1. The third kappa shape index (κ3) is 5.52. The van der Waals surface area contributed by atoms with Gasteiger partial charge in [0, 0.05) is 27.3 Å². The van der Waals surface area contributed by atoms with E-state index in [-0.39, 0.29) is 18.0 Å². The first-order chi connectivity index (χ1) is 9.31. The molecule has 1 rings (SSSR count). The normalized spacial score (nSPS) is 14.6. The van der Waals surface area contributed by atoms with E-state index in [1.807, 2.05) is 24.3 Å². The lowest BCUT2D eigenvalue weighted by molar-refractivity contribution is -0.122. The third-order valence-corrected chi connectivity index (χ3v) is 4.72. The Kier molecular flexibility index (Phi) is 7.15. The van der Waals surface area contributed by atoms with Crippen molar-refractivity contribution in [1.82, 2.24) is 10.2 Å². The van der Waals surface area contributed by atoms with Gasteiger partial charge in [0.15, 0.2) is 0 Å². The predicted molar refractivity (Wildman–Crippen MR) is 88.9 cm³/mol. The van der Waals surface area contributed by atoms with Crippen molar-refractivity contribution >= 4 is 33.2 Å². The van der Waals surface area contributed by atoms with Gasteiger partial charge in [0.05, 0.1) is 12.6 Å². The Bertz CT molecular complexity index is 434. The highest BCUT2D eigenvalue weighted by Gasteiger charge is 2.24. The van der Waals surface area contributed by atoms with Crippen LogP contribution in [0.1, 0.15) is 31.7 Å². The molecule has 2 unspecified atom stereocenters. The largest absolute Gasteiger partial charge is 0.355 e. The van der Waals surface area contributed by atoms with E-state index in [1.54, 1.807) is 11.3 Å². The lowest BCUT2D eigenvalue weighted by Gasteiger charge is -2.29. The first-order valence-corrected chi connectivity index (χ1v) is 8.45. The molecule has 1 amide bonds. The van der Waals surface area contributed by atoms with Gasteiger partial charge in [0.25, 0.3) is 0 Å². The molecule has 6 heteroatoms. The first-order valence-electron chi connectivity index (χ1n) is 6.77. The molecule has 0 aliphatic rings. The minimum absolute atomic E-state index is 0.0385. The van der Waals surface area contributed by atoms with Gasteiger partial charge in [0.1, 0.15) is 0 Å². The number of nitrogens with two attached hydrogens (primary N) is 1. The highest BCUT2D eigenvalue weighted by molar-refractivity contribution is 9.10. The molecule has 0 saturated heterocycles. The van der Waals surface area contributed by atoms with E-state index in [9.17, 15) is 4.79 Å². The fourth-order valence-corrected chi connectivity index (χ4v) is 3.78. The van der Waals surface area contributed by atoms with Crippen molar-refractivity contribution in [2.24, 2.45) is 11.7 Å². The Morgan fingerprint density at radius 2 is 2.15 bits per heavy atom. The molecule has 20 heavy (non-hydrogen) atoms. The molecule has 3 N–H and O–H groups in total. The van der Waals surface area contributed by atoms with Crippen LogP contribution < -0.4 is 11.1 Å². The van der Waals surface area contributed by atoms with Crippen LogP contribution in [0.3, 0.4) is 0 Å². The molecule has 0 saturated carbocycles. The standard InChI is InChI=1S/C14H24BrN3OS/c1-9(2)6-17-13(19)7-18(4)14(10(3)16)12-5-11(15)8-20-12/h5,8-10,14H,6-7,16H2,1-4H3,(H,17,19). The molecule has 4 nitrogen and oxygen atoms in total. The number of carbonyl (C=O) groups excluding carboxylic acids is 1. The third-order valence-electron chi connectivity index (χ3n) is 2.95. The SMILES string of the molecule is CC(C)CNC(=O)CN(C)C(c1cc(Br)cs1)C(C)N. The average Bonchev–Trinajstić information content (AvgIpc) is 2.72. The summed E-state index contributed by atoms with van der Waals surface area (Å²) < 4.78 is 1.06. The van der Waals surface area contributed by atoms with Crippen molar-refractivity contribution in [2.45, 2.75) is 32.9 Å². The van der Waals surface area contributed by atoms with E-state index in [0.717, 1.165) is 4.47 Å². The highest BCUT2D eigenvalue weighted by Crippen LogP contribution is 2.30. The summed E-state index contributed by atoms with van der Waals surface area (Å²) in [6.07, 6.45) is 0. The van der Waals surface area contributed by atoms with Gasteiger partial charge in [-0.2, -0.15) is 0 Å². The number of rotatable bonds is 7. The van der Waals surface area contributed by atoms with Crippen LogP contribution >= 0.6 is 27.3 Å². The molecule has 1 aromatic rings. The predicted octanol–water partition coefficient (Wildman–Crippen LogP) is 2.60. The summed E-state index contributed by atoms with van der Waals surface area (Å²) in [5, 5.41) is 4.98. The van der Waals surface area contributed by atoms with Crippen molar-refractivity contribution in [2.75, 3.05) is 20.1 Å². The van der Waals surface area contributed by atoms with Crippen LogP contribution in [0.4, 0.5) is 0 Å². The van der Waals surface area contributed by atoms with Crippen molar-refractivity contribution < 1.29 is 4.79 Å². The lowest BCUT2D eigenvalue weighted by Crippen LogP contribution is -2.43. The number of thiophene rings is 1. The quantitative estimate of drug-likeness (QED) is 0.784. The van der Waals surface area contributed by atoms with Gasteiger partial charge >= 0.3 is 0 Å². The molecule has 1 heterocycles. The zero-order chi connectivity index (χ0) is 15.3. The summed E-state index contributed by atoms with van der Waals surface area (Å²) >= 11 is 5.12. The number of nitrogens with one attached hydrogen (secondary N) is 1. The molecule has 0 fully saturated rings. The van der Waals surface area contributed by atoms with Gasteiger partial charge in [-0.3, -0.25) is 9.69 Å². The second kappa shape index (κ2) is 8.12. The average molecular weight is 362 g/mol. The summed E-state index contributed by atoms with van der Waals surface area (Å²) in [7, 11) is 1.94. The van der Waals surface area contributed by atoms with E-state index in [1.165, 1.54) is 4.88 Å². The van der Waals surface area contributed by atoms with Crippen LogP contribution in [0.25, 0.3) is 0 Å². The van der Waals surface area contributed by atoms with E-state index in [2.05, 4.69) is 41.2 Å². The van der Waals surface area contributed by atoms with E-state index in [0.29, 0.717) is 19.0 Å². The number of likely N-dealkylation sites (N-methyl/N-ethyl adjacent to an activating group) is 1. The monoisotopic (exact) mass is 361 g/mol. The van der Waals surface area contributed by atoms with Crippen LogP contribution in [-0.4, -0.2) is 37.0 Å². The van der Waals surface area contributed by atoms with Crippen LogP contribution in [0.15, 0.2) is 15.9 Å². The number of amides is 1. The topological polar surface area (TPSA) is 58.4 Å². The van der Waals surface area contributed by atoms with E-state index < -0.39 is 0 Å². The molecule has 0 aliphatic carbocycles. The molecule has 114 valence electrons. The summed E-state index contributed by atoms with van der Waals surface area (Å²) in [4.78, 5) is 15.1. The number of halogens is 1. The van der Waals surface area contributed by atoms with E-state index in [4.69, 9.17) is 5.73 Å². The zero-order valence-corrected chi connectivity index (χ0v) is 14.9. The molecule has 0 aromatic carbocycles. The maximum absolute atomic E-state index is 11.9. The molecule has 0 spiro atoms. The summed E-state index contributed by atoms with van der Waals surface area (Å²) in [5.74, 6) is 0.504. The molecule has 1 aromatic heterocycles. The van der Waals surface area contributed by atoms with Crippen LogP contribution in [0.5, 0.6) is 0 Å². The smallest absolute Gasteiger partial charge is 0.234 e. The van der Waals surface area contributed by atoms with Crippen molar-refractivity contribution in [3.05, 3.63) is 20.8 Å². The lowest BCUT2D eigenvalue weighted by atomic mass is 10.1. The second-order valence-electron chi connectivity index (χ2n) is 5.58. The Morgan fingerprint density at radius 3 is 2.60 bits per heavy atom. The molecular weight excluding hydrogens is 338 g/mol. The van der Waals surface area contributed by atoms with Crippen molar-refractivity contribution in [1.29, 1.82) is 0 Å². The van der Waals surface area contributed by atoms with Gasteiger partial charge < -0.3 is 11.1 Å². The molecule has 0 radical (unpaired) electrons. The zero-order valence-electron chi connectivity index (χ0n) is 12.5.